The minimum atomic E-state index is -0.576. The summed E-state index contributed by atoms with van der Waals surface area (Å²) in [7, 11) is 0. The number of ether oxygens (including phenoxy) is 1. The largest absolute Gasteiger partial charge is 0.489 e. The molecule has 0 aliphatic carbocycles. The number of carbonyl (C=O) groups is 2. The number of fused-ring (bicyclic) bond motifs is 1. The summed E-state index contributed by atoms with van der Waals surface area (Å²) in [5.74, 6) is -0.250. The third-order valence-corrected chi connectivity index (χ3v) is 3.87. The average molecular weight is 370 g/mol. The highest BCUT2D eigenvalue weighted by Gasteiger charge is 2.18. The van der Waals surface area contributed by atoms with Crippen LogP contribution in [-0.2, 0) is 6.54 Å². The van der Waals surface area contributed by atoms with Gasteiger partial charge in [-0.2, -0.15) is 5.10 Å². The lowest BCUT2D eigenvalue weighted by atomic mass is 10.1. The van der Waals surface area contributed by atoms with Gasteiger partial charge in [0.1, 0.15) is 17.0 Å². The van der Waals surface area contributed by atoms with Gasteiger partial charge in [-0.15, -0.1) is 0 Å². The number of aryl methyl sites for hydroxylation is 2. The van der Waals surface area contributed by atoms with Crippen LogP contribution < -0.4 is 15.8 Å². The smallest absolute Gasteiger partial charge is 0.276 e. The third-order valence-electron chi connectivity index (χ3n) is 3.87. The predicted molar refractivity (Wildman–Crippen MR) is 101 cm³/mol. The van der Waals surface area contributed by atoms with Crippen molar-refractivity contribution in [1.29, 1.82) is 0 Å². The molecule has 0 radical (unpaired) electrons. The van der Waals surface area contributed by atoms with E-state index in [1.165, 1.54) is 0 Å². The second-order valence-electron chi connectivity index (χ2n) is 6.43. The first kappa shape index (κ1) is 18.4. The molecular weight excluding hydrogens is 348 g/mol. The second kappa shape index (κ2) is 7.10. The van der Waals surface area contributed by atoms with Gasteiger partial charge >= 0.3 is 0 Å². The van der Waals surface area contributed by atoms with Gasteiger partial charge in [-0.1, -0.05) is 0 Å². The summed E-state index contributed by atoms with van der Waals surface area (Å²) in [4.78, 5) is 31.6. The van der Waals surface area contributed by atoms with Gasteiger partial charge in [-0.3, -0.25) is 19.6 Å². The van der Waals surface area contributed by atoms with Crippen molar-refractivity contribution in [3.8, 4) is 5.75 Å². The van der Waals surface area contributed by atoms with Gasteiger partial charge in [0.15, 0.2) is 0 Å². The summed E-state index contributed by atoms with van der Waals surface area (Å²) in [6.07, 6.45) is -0.118. The van der Waals surface area contributed by atoms with Crippen LogP contribution in [0.2, 0.25) is 0 Å². The topological polar surface area (TPSA) is 128 Å². The minimum absolute atomic E-state index is 0.118. The van der Waals surface area contributed by atoms with Crippen LogP contribution in [0.3, 0.4) is 0 Å². The molecule has 9 heteroatoms. The number of nitrogens with one attached hydrogen (secondary N) is 2. The van der Waals surface area contributed by atoms with Crippen LogP contribution >= 0.6 is 0 Å². The number of H-pyrrole nitrogens is 1. The van der Waals surface area contributed by atoms with Crippen molar-refractivity contribution >= 4 is 28.8 Å². The number of aromatic amines is 1. The Morgan fingerprint density at radius 1 is 1.33 bits per heavy atom. The van der Waals surface area contributed by atoms with E-state index in [2.05, 4.69) is 20.4 Å². The van der Waals surface area contributed by atoms with Crippen LogP contribution in [-0.4, -0.2) is 37.7 Å². The molecule has 4 N–H and O–H groups in total. The maximum absolute atomic E-state index is 12.6. The van der Waals surface area contributed by atoms with Crippen LogP contribution in [0.15, 0.2) is 18.2 Å². The zero-order chi connectivity index (χ0) is 19.7. The molecule has 2 amide bonds. The minimum Gasteiger partial charge on any atom is -0.489 e. The van der Waals surface area contributed by atoms with E-state index in [1.54, 1.807) is 22.9 Å². The van der Waals surface area contributed by atoms with Gasteiger partial charge in [0, 0.05) is 12.1 Å². The number of rotatable bonds is 6. The zero-order valence-electron chi connectivity index (χ0n) is 15.7. The molecule has 2 aromatic heterocycles. The first-order chi connectivity index (χ1) is 12.8. The Labute approximate surface area is 155 Å². The molecule has 0 saturated heterocycles. The first-order valence-electron chi connectivity index (χ1n) is 8.64. The number of anilines is 1. The van der Waals surface area contributed by atoms with Gasteiger partial charge < -0.3 is 15.5 Å². The fraction of sp³-hybridized carbons (Fsp3) is 0.333. The SMILES string of the molecule is CCn1nc(C)cc1C(=O)Nc1nc2c(OC(C)C)cc(C(N)=O)cc2[nH]1. The van der Waals surface area contributed by atoms with Gasteiger partial charge in [0.05, 0.1) is 17.3 Å². The van der Waals surface area contributed by atoms with Crippen molar-refractivity contribution < 1.29 is 14.3 Å². The zero-order valence-corrected chi connectivity index (χ0v) is 15.7. The van der Waals surface area contributed by atoms with Crippen LogP contribution in [0.25, 0.3) is 11.0 Å². The number of aromatic nitrogens is 4. The van der Waals surface area contributed by atoms with Crippen molar-refractivity contribution in [3.05, 3.63) is 35.2 Å². The molecule has 9 nitrogen and oxygen atoms in total. The van der Waals surface area contributed by atoms with Gasteiger partial charge in [-0.05, 0) is 45.9 Å². The van der Waals surface area contributed by atoms with Crippen LogP contribution in [0.5, 0.6) is 5.75 Å². The van der Waals surface area contributed by atoms with Crippen molar-refractivity contribution in [2.45, 2.75) is 40.3 Å². The predicted octanol–water partition coefficient (Wildman–Crippen LogP) is 2.23. The monoisotopic (exact) mass is 370 g/mol. The number of imidazole rings is 1. The molecule has 0 bridgehead atoms. The summed E-state index contributed by atoms with van der Waals surface area (Å²) in [6, 6.07) is 4.83. The highest BCUT2D eigenvalue weighted by Crippen LogP contribution is 2.28. The van der Waals surface area contributed by atoms with E-state index < -0.39 is 5.91 Å². The number of nitrogens with zero attached hydrogens (tertiary/aromatic N) is 3. The van der Waals surface area contributed by atoms with E-state index in [-0.39, 0.29) is 18.0 Å². The molecule has 142 valence electrons. The number of nitrogens with two attached hydrogens (primary N) is 1. The van der Waals surface area contributed by atoms with E-state index in [0.717, 1.165) is 5.69 Å². The van der Waals surface area contributed by atoms with Gasteiger partial charge in [0.25, 0.3) is 5.91 Å². The van der Waals surface area contributed by atoms with Gasteiger partial charge in [-0.25, -0.2) is 4.98 Å². The molecule has 0 spiro atoms. The Morgan fingerprint density at radius 2 is 2.07 bits per heavy atom. The summed E-state index contributed by atoms with van der Waals surface area (Å²) < 4.78 is 7.36. The maximum Gasteiger partial charge on any atom is 0.276 e. The molecule has 3 aromatic rings. The lowest BCUT2D eigenvalue weighted by Crippen LogP contribution is -2.18. The summed E-state index contributed by atoms with van der Waals surface area (Å²) in [6.45, 7) is 8.04. The van der Waals surface area contributed by atoms with E-state index in [4.69, 9.17) is 10.5 Å². The number of amides is 2. The molecular formula is C18H22N6O3. The fourth-order valence-corrected chi connectivity index (χ4v) is 2.77. The molecule has 3 rings (SSSR count). The molecule has 0 aliphatic rings. The lowest BCUT2D eigenvalue weighted by molar-refractivity contribution is 0.0995. The fourth-order valence-electron chi connectivity index (χ4n) is 2.77. The van der Waals surface area contributed by atoms with E-state index in [9.17, 15) is 9.59 Å². The van der Waals surface area contributed by atoms with Crippen molar-refractivity contribution in [1.82, 2.24) is 19.7 Å². The number of benzene rings is 1. The number of hydrogen-bond acceptors (Lipinski definition) is 5. The average Bonchev–Trinajstić information content (AvgIpc) is 3.16. The number of primary amides is 1. The Kier molecular flexibility index (Phi) is 4.85. The molecule has 1 aromatic carbocycles. The molecule has 0 unspecified atom stereocenters. The summed E-state index contributed by atoms with van der Waals surface area (Å²) in [5.41, 5.74) is 7.92. The third kappa shape index (κ3) is 3.76. The number of hydrogen-bond donors (Lipinski definition) is 3. The van der Waals surface area contributed by atoms with Crippen LogP contribution in [0.1, 0.15) is 47.3 Å². The Balaban J connectivity index is 1.98. The Morgan fingerprint density at radius 3 is 2.70 bits per heavy atom. The summed E-state index contributed by atoms with van der Waals surface area (Å²) >= 11 is 0. The van der Waals surface area contributed by atoms with Crippen molar-refractivity contribution in [3.63, 3.8) is 0 Å². The molecule has 2 heterocycles. The van der Waals surface area contributed by atoms with E-state index >= 15 is 0 Å². The molecule has 0 atom stereocenters. The molecule has 0 saturated carbocycles. The summed E-state index contributed by atoms with van der Waals surface area (Å²) in [5, 5.41) is 6.99. The maximum atomic E-state index is 12.6. The standard InChI is InChI=1S/C18H22N6O3/c1-5-24-13(6-10(4)23-24)17(26)22-18-20-12-7-11(16(19)25)8-14(15(12)21-18)27-9(2)3/h6-9H,5H2,1-4H3,(H2,19,25)(H2,20,21,22,26). The highest BCUT2D eigenvalue weighted by atomic mass is 16.5. The Bertz CT molecular complexity index is 1020. The van der Waals surface area contributed by atoms with Crippen LogP contribution in [0, 0.1) is 6.92 Å². The normalized spacial score (nSPS) is 11.1. The van der Waals surface area contributed by atoms with Crippen LogP contribution in [0.4, 0.5) is 5.95 Å². The van der Waals surface area contributed by atoms with Gasteiger partial charge in [0.2, 0.25) is 11.9 Å². The van der Waals surface area contributed by atoms with Crippen molar-refractivity contribution in [2.75, 3.05) is 5.32 Å². The van der Waals surface area contributed by atoms with Crippen molar-refractivity contribution in [2.24, 2.45) is 5.73 Å². The lowest BCUT2D eigenvalue weighted by Gasteiger charge is -2.10. The number of carbonyl (C=O) groups excluding carboxylic acids is 2. The quantitative estimate of drug-likeness (QED) is 0.613. The Hall–Kier alpha value is -3.36. The highest BCUT2D eigenvalue weighted by molar-refractivity contribution is 6.03. The van der Waals surface area contributed by atoms with E-state index in [1.807, 2.05) is 27.7 Å². The molecule has 27 heavy (non-hydrogen) atoms. The first-order valence-corrected chi connectivity index (χ1v) is 8.64. The second-order valence-corrected chi connectivity index (χ2v) is 6.43. The molecule has 0 aliphatic heterocycles. The molecule has 0 fully saturated rings. The van der Waals surface area contributed by atoms with E-state index in [0.29, 0.717) is 34.6 Å².